The van der Waals surface area contributed by atoms with Crippen molar-refractivity contribution in [3.63, 3.8) is 0 Å². The molecule has 1 atom stereocenters. The Balaban J connectivity index is 3.62. The van der Waals surface area contributed by atoms with Gasteiger partial charge in [0.05, 0.1) is 7.11 Å². The Hall–Kier alpha value is -0.990. The average molecular weight is 213 g/mol. The molecule has 0 fully saturated rings. The number of carbonyl (C=O) groups is 1. The highest BCUT2D eigenvalue weighted by molar-refractivity contribution is 5.81. The first-order valence-electron chi connectivity index (χ1n) is 5.72. The first-order chi connectivity index (χ1) is 7.24. The predicted molar refractivity (Wildman–Crippen MR) is 62.5 cm³/mol. The van der Waals surface area contributed by atoms with E-state index in [0.29, 0.717) is 5.92 Å². The quantitative estimate of drug-likeness (QED) is 0.497. The zero-order valence-corrected chi connectivity index (χ0v) is 10.1. The molecule has 0 amide bonds. The van der Waals surface area contributed by atoms with Crippen LogP contribution in [0.5, 0.6) is 0 Å². The number of rotatable bonds is 8. The van der Waals surface area contributed by atoms with Gasteiger partial charge in [-0.3, -0.25) is 0 Å². The van der Waals surface area contributed by atoms with Crippen LogP contribution in [0.3, 0.4) is 0 Å². The van der Waals surface area contributed by atoms with E-state index in [9.17, 15) is 4.79 Å². The van der Waals surface area contributed by atoms with E-state index in [1.807, 2.05) is 0 Å². The van der Waals surface area contributed by atoms with Crippen LogP contribution in [0.25, 0.3) is 0 Å². The molecule has 3 nitrogen and oxygen atoms in total. The number of unbranched alkanes of at least 4 members (excludes halogenated alkanes) is 1. The number of hydrogen-bond donors (Lipinski definition) is 1. The maximum Gasteiger partial charge on any atom is 0.331 e. The van der Waals surface area contributed by atoms with Crippen LogP contribution in [0.1, 0.15) is 39.5 Å². The lowest BCUT2D eigenvalue weighted by atomic mass is 9.99. The largest absolute Gasteiger partial charge is 0.466 e. The molecule has 0 radical (unpaired) electrons. The third kappa shape index (κ3) is 8.03. The van der Waals surface area contributed by atoms with E-state index >= 15 is 0 Å². The fraction of sp³-hybridized carbons (Fsp3) is 0.750. The SMILES string of the molecule is CCCCC(CC)CN/C=C/C(=O)OC. The van der Waals surface area contributed by atoms with Crippen LogP contribution in [-0.4, -0.2) is 19.6 Å². The predicted octanol–water partition coefficient (Wildman–Crippen LogP) is 2.48. The van der Waals surface area contributed by atoms with Gasteiger partial charge in [0.15, 0.2) is 0 Å². The number of nitrogens with one attached hydrogen (secondary N) is 1. The van der Waals surface area contributed by atoms with E-state index in [4.69, 9.17) is 0 Å². The molecule has 0 saturated carbocycles. The Bertz CT molecular complexity index is 190. The molecule has 88 valence electrons. The molecule has 0 bridgehead atoms. The summed E-state index contributed by atoms with van der Waals surface area (Å²) >= 11 is 0. The van der Waals surface area contributed by atoms with Crippen molar-refractivity contribution in [3.8, 4) is 0 Å². The molecule has 0 saturated heterocycles. The van der Waals surface area contributed by atoms with Crippen molar-refractivity contribution in [3.05, 3.63) is 12.3 Å². The van der Waals surface area contributed by atoms with Gasteiger partial charge in [-0.15, -0.1) is 0 Å². The highest BCUT2D eigenvalue weighted by Crippen LogP contribution is 2.10. The van der Waals surface area contributed by atoms with Crippen LogP contribution in [0.4, 0.5) is 0 Å². The molecule has 0 heterocycles. The zero-order chi connectivity index (χ0) is 11.5. The Kier molecular flexibility index (Phi) is 8.93. The Morgan fingerprint density at radius 1 is 1.47 bits per heavy atom. The Morgan fingerprint density at radius 2 is 2.20 bits per heavy atom. The molecule has 0 aromatic rings. The maximum atomic E-state index is 10.7. The summed E-state index contributed by atoms with van der Waals surface area (Å²) in [5, 5.41) is 3.13. The Morgan fingerprint density at radius 3 is 2.73 bits per heavy atom. The number of hydrogen-bond acceptors (Lipinski definition) is 3. The van der Waals surface area contributed by atoms with E-state index in [0.717, 1.165) is 6.54 Å². The lowest BCUT2D eigenvalue weighted by Gasteiger charge is -2.13. The molecule has 0 aliphatic heterocycles. The summed E-state index contributed by atoms with van der Waals surface area (Å²) in [7, 11) is 1.38. The summed E-state index contributed by atoms with van der Waals surface area (Å²) in [5.41, 5.74) is 0. The summed E-state index contributed by atoms with van der Waals surface area (Å²) < 4.78 is 4.48. The topological polar surface area (TPSA) is 38.3 Å². The van der Waals surface area contributed by atoms with Gasteiger partial charge in [0.2, 0.25) is 0 Å². The normalized spacial score (nSPS) is 12.7. The van der Waals surface area contributed by atoms with Gasteiger partial charge in [-0.05, 0) is 12.3 Å². The van der Waals surface area contributed by atoms with E-state index in [-0.39, 0.29) is 5.97 Å². The van der Waals surface area contributed by atoms with Gasteiger partial charge in [0.1, 0.15) is 0 Å². The second-order valence-electron chi connectivity index (χ2n) is 3.68. The van der Waals surface area contributed by atoms with Crippen molar-refractivity contribution in [1.82, 2.24) is 5.32 Å². The average Bonchev–Trinajstić information content (AvgIpc) is 2.27. The fourth-order valence-corrected chi connectivity index (χ4v) is 1.37. The summed E-state index contributed by atoms with van der Waals surface area (Å²) in [6.07, 6.45) is 8.04. The second kappa shape index (κ2) is 9.56. The molecule has 0 aliphatic carbocycles. The van der Waals surface area contributed by atoms with Crippen molar-refractivity contribution >= 4 is 5.97 Å². The third-order valence-corrected chi connectivity index (χ3v) is 2.49. The molecule has 0 aromatic carbocycles. The molecule has 0 aromatic heterocycles. The minimum atomic E-state index is -0.316. The van der Waals surface area contributed by atoms with Gasteiger partial charge in [0, 0.05) is 18.8 Å². The van der Waals surface area contributed by atoms with Crippen molar-refractivity contribution in [2.75, 3.05) is 13.7 Å². The standard InChI is InChI=1S/C12H23NO2/c1-4-6-7-11(5-2)10-13-9-8-12(14)15-3/h8-9,11,13H,4-7,10H2,1-3H3/b9-8+. The van der Waals surface area contributed by atoms with E-state index in [1.165, 1.54) is 38.9 Å². The minimum absolute atomic E-state index is 0.316. The van der Waals surface area contributed by atoms with E-state index in [1.54, 1.807) is 6.20 Å². The van der Waals surface area contributed by atoms with Gasteiger partial charge in [-0.1, -0.05) is 33.1 Å². The van der Waals surface area contributed by atoms with Crippen molar-refractivity contribution in [2.24, 2.45) is 5.92 Å². The van der Waals surface area contributed by atoms with Gasteiger partial charge < -0.3 is 10.1 Å². The smallest absolute Gasteiger partial charge is 0.331 e. The third-order valence-electron chi connectivity index (χ3n) is 2.49. The van der Waals surface area contributed by atoms with Gasteiger partial charge in [0.25, 0.3) is 0 Å². The van der Waals surface area contributed by atoms with Crippen LogP contribution in [0.15, 0.2) is 12.3 Å². The fourth-order valence-electron chi connectivity index (χ4n) is 1.37. The highest BCUT2D eigenvalue weighted by atomic mass is 16.5. The lowest BCUT2D eigenvalue weighted by molar-refractivity contribution is -0.134. The molecule has 0 aliphatic rings. The van der Waals surface area contributed by atoms with Gasteiger partial charge in [-0.25, -0.2) is 4.79 Å². The first kappa shape index (κ1) is 14.0. The monoisotopic (exact) mass is 213 g/mol. The molecule has 0 rings (SSSR count). The summed E-state index contributed by atoms with van der Waals surface area (Å²) in [6, 6.07) is 0. The number of esters is 1. The van der Waals surface area contributed by atoms with Crippen LogP contribution < -0.4 is 5.32 Å². The highest BCUT2D eigenvalue weighted by Gasteiger charge is 2.03. The van der Waals surface area contributed by atoms with Crippen molar-refractivity contribution in [2.45, 2.75) is 39.5 Å². The van der Waals surface area contributed by atoms with E-state index < -0.39 is 0 Å². The van der Waals surface area contributed by atoms with Crippen molar-refractivity contribution in [1.29, 1.82) is 0 Å². The number of ether oxygens (including phenoxy) is 1. The molecule has 3 heteroatoms. The first-order valence-corrected chi connectivity index (χ1v) is 5.72. The van der Waals surface area contributed by atoms with Gasteiger partial charge >= 0.3 is 5.97 Å². The maximum absolute atomic E-state index is 10.7. The lowest BCUT2D eigenvalue weighted by Crippen LogP contribution is -2.17. The van der Waals surface area contributed by atoms with Crippen LogP contribution >= 0.6 is 0 Å². The van der Waals surface area contributed by atoms with E-state index in [2.05, 4.69) is 23.9 Å². The molecular weight excluding hydrogens is 190 g/mol. The number of carbonyl (C=O) groups excluding carboxylic acids is 1. The number of methoxy groups -OCH3 is 1. The summed E-state index contributed by atoms with van der Waals surface area (Å²) in [5.74, 6) is 0.386. The molecule has 1 N–H and O–H groups in total. The van der Waals surface area contributed by atoms with Gasteiger partial charge in [-0.2, -0.15) is 0 Å². The minimum Gasteiger partial charge on any atom is -0.466 e. The molecular formula is C12H23NO2. The Labute approximate surface area is 92.9 Å². The van der Waals surface area contributed by atoms with Crippen molar-refractivity contribution < 1.29 is 9.53 Å². The van der Waals surface area contributed by atoms with Crippen LogP contribution in [0.2, 0.25) is 0 Å². The van der Waals surface area contributed by atoms with Crippen LogP contribution in [0, 0.1) is 5.92 Å². The molecule has 0 spiro atoms. The molecule has 15 heavy (non-hydrogen) atoms. The zero-order valence-electron chi connectivity index (χ0n) is 10.1. The molecule has 1 unspecified atom stereocenters. The summed E-state index contributed by atoms with van der Waals surface area (Å²) in [6.45, 7) is 5.34. The van der Waals surface area contributed by atoms with Crippen LogP contribution in [-0.2, 0) is 9.53 Å². The second-order valence-corrected chi connectivity index (χ2v) is 3.68. The summed E-state index contributed by atoms with van der Waals surface area (Å²) in [4.78, 5) is 10.7.